The quantitative estimate of drug-likeness (QED) is 0.725. The van der Waals surface area contributed by atoms with Crippen molar-refractivity contribution in [3.63, 3.8) is 0 Å². The van der Waals surface area contributed by atoms with Crippen LogP contribution >= 0.6 is 0 Å². The fraction of sp³-hybridized carbons (Fsp3) is 0.391. The Labute approximate surface area is 175 Å². The van der Waals surface area contributed by atoms with E-state index in [-0.39, 0.29) is 18.8 Å². The van der Waals surface area contributed by atoms with Crippen molar-refractivity contribution in [2.45, 2.75) is 38.3 Å². The van der Waals surface area contributed by atoms with Crippen molar-refractivity contribution in [3.05, 3.63) is 59.8 Å². The van der Waals surface area contributed by atoms with Crippen LogP contribution in [0.2, 0.25) is 0 Å². The van der Waals surface area contributed by atoms with Gasteiger partial charge >= 0.3 is 0 Å². The number of carbonyl (C=O) groups excluding carboxylic acids is 1. The zero-order valence-corrected chi connectivity index (χ0v) is 17.0. The molecule has 0 bridgehead atoms. The summed E-state index contributed by atoms with van der Waals surface area (Å²) in [6.45, 7) is 3.75. The predicted molar refractivity (Wildman–Crippen MR) is 111 cm³/mol. The number of hydrogen-bond donors (Lipinski definition) is 0. The number of ether oxygens (including phenoxy) is 2. The number of hydrogen-bond acceptors (Lipinski definition) is 6. The van der Waals surface area contributed by atoms with E-state index in [1.165, 1.54) is 6.42 Å². The second-order valence-corrected chi connectivity index (χ2v) is 7.82. The van der Waals surface area contributed by atoms with E-state index in [0.717, 1.165) is 42.9 Å². The molecule has 4 heterocycles. The molecule has 1 amide bonds. The normalized spacial score (nSPS) is 23.0. The predicted octanol–water partition coefficient (Wildman–Crippen LogP) is 3.55. The van der Waals surface area contributed by atoms with Crippen molar-refractivity contribution in [2.24, 2.45) is 0 Å². The molecule has 2 atom stereocenters. The number of carbonyl (C=O) groups is 1. The van der Waals surface area contributed by atoms with Crippen LogP contribution in [0.15, 0.2) is 48.6 Å². The Morgan fingerprint density at radius 3 is 2.70 bits per heavy atom. The van der Waals surface area contributed by atoms with Gasteiger partial charge in [-0.25, -0.2) is 10.0 Å². The Morgan fingerprint density at radius 1 is 1.03 bits per heavy atom. The number of nitrogens with zero attached hydrogens (tertiary/aromatic N) is 3. The summed E-state index contributed by atoms with van der Waals surface area (Å²) < 4.78 is 10.9. The lowest BCUT2D eigenvalue weighted by molar-refractivity contribution is -0.135. The van der Waals surface area contributed by atoms with Gasteiger partial charge in [0.05, 0.1) is 0 Å². The lowest BCUT2D eigenvalue weighted by atomic mass is 10.0. The van der Waals surface area contributed by atoms with E-state index in [1.54, 1.807) is 5.06 Å². The zero-order chi connectivity index (χ0) is 20.5. The van der Waals surface area contributed by atoms with Gasteiger partial charge in [-0.2, -0.15) is 0 Å². The van der Waals surface area contributed by atoms with Crippen LogP contribution in [0.5, 0.6) is 11.5 Å². The van der Waals surface area contributed by atoms with Crippen molar-refractivity contribution >= 4 is 11.7 Å². The van der Waals surface area contributed by atoms with E-state index in [9.17, 15) is 4.79 Å². The Kier molecular flexibility index (Phi) is 5.04. The molecule has 3 aliphatic heterocycles. The Balaban J connectivity index is 1.46. The van der Waals surface area contributed by atoms with Gasteiger partial charge in [-0.3, -0.25) is 9.63 Å². The minimum Gasteiger partial charge on any atom is -0.454 e. The van der Waals surface area contributed by atoms with E-state index in [1.807, 2.05) is 60.4 Å². The van der Waals surface area contributed by atoms with Crippen molar-refractivity contribution in [2.75, 3.05) is 24.9 Å². The number of pyridine rings is 1. The molecule has 1 aromatic carbocycles. The first-order valence-corrected chi connectivity index (χ1v) is 10.5. The second kappa shape index (κ2) is 7.99. The topological polar surface area (TPSA) is 64.1 Å². The molecule has 156 valence electrons. The summed E-state index contributed by atoms with van der Waals surface area (Å²) in [5.41, 5.74) is 1.80. The summed E-state index contributed by atoms with van der Waals surface area (Å²) in [6, 6.07) is 11.0. The number of piperidine rings is 1. The van der Waals surface area contributed by atoms with Crippen LogP contribution < -0.4 is 14.5 Å². The number of hydroxylamine groups is 1. The Hall–Kier alpha value is -3.06. The van der Waals surface area contributed by atoms with Gasteiger partial charge in [0.1, 0.15) is 6.10 Å². The van der Waals surface area contributed by atoms with Crippen LogP contribution in [-0.2, 0) is 9.63 Å². The highest BCUT2D eigenvalue weighted by molar-refractivity contribution is 5.87. The van der Waals surface area contributed by atoms with E-state index in [2.05, 4.69) is 4.98 Å². The largest absolute Gasteiger partial charge is 0.454 e. The molecule has 5 rings (SSSR count). The zero-order valence-electron chi connectivity index (χ0n) is 17.0. The first-order chi connectivity index (χ1) is 14.7. The molecule has 2 aromatic rings. The van der Waals surface area contributed by atoms with E-state index >= 15 is 0 Å². The van der Waals surface area contributed by atoms with Gasteiger partial charge in [0.2, 0.25) is 6.79 Å². The molecule has 3 aliphatic rings. The van der Waals surface area contributed by atoms with Crippen molar-refractivity contribution in [1.29, 1.82) is 0 Å². The summed E-state index contributed by atoms with van der Waals surface area (Å²) in [5, 5.41) is 1.65. The van der Waals surface area contributed by atoms with Crippen LogP contribution in [0.1, 0.15) is 36.6 Å². The standard InChI is InChI=1S/C23H25N3O4/c1-16-6-5-7-22(24-16)26-18(23(27)25-12-3-2-4-13-25)9-11-19(30-26)17-8-10-20-21(14-17)29-15-28-20/h5-11,14,18-19H,2-4,12-13,15H2,1H3. The molecule has 7 nitrogen and oxygen atoms in total. The Morgan fingerprint density at radius 2 is 1.87 bits per heavy atom. The molecule has 1 saturated heterocycles. The highest BCUT2D eigenvalue weighted by Crippen LogP contribution is 2.37. The third kappa shape index (κ3) is 3.61. The van der Waals surface area contributed by atoms with Crippen molar-refractivity contribution in [3.8, 4) is 11.5 Å². The maximum absolute atomic E-state index is 13.3. The van der Waals surface area contributed by atoms with Gasteiger partial charge in [-0.15, -0.1) is 0 Å². The minimum absolute atomic E-state index is 0.0541. The molecule has 30 heavy (non-hydrogen) atoms. The number of likely N-dealkylation sites (tertiary alicyclic amines) is 1. The number of anilines is 1. The highest BCUT2D eigenvalue weighted by atomic mass is 16.7. The summed E-state index contributed by atoms with van der Waals surface area (Å²) >= 11 is 0. The van der Waals surface area contributed by atoms with Gasteiger partial charge < -0.3 is 14.4 Å². The number of amides is 1. The molecule has 0 spiro atoms. The maximum Gasteiger partial charge on any atom is 0.251 e. The first-order valence-electron chi connectivity index (χ1n) is 10.5. The first kappa shape index (κ1) is 18.9. The number of fused-ring (bicyclic) bond motifs is 1. The third-order valence-electron chi connectivity index (χ3n) is 5.69. The van der Waals surface area contributed by atoms with Gasteiger partial charge in [0.25, 0.3) is 5.91 Å². The summed E-state index contributed by atoms with van der Waals surface area (Å²) in [7, 11) is 0. The number of aromatic nitrogens is 1. The monoisotopic (exact) mass is 407 g/mol. The average molecular weight is 407 g/mol. The van der Waals surface area contributed by atoms with E-state index in [4.69, 9.17) is 14.3 Å². The van der Waals surface area contributed by atoms with Crippen molar-refractivity contribution in [1.82, 2.24) is 9.88 Å². The molecule has 0 N–H and O–H groups in total. The molecular formula is C23H25N3O4. The SMILES string of the molecule is Cc1cccc(N2OC(c3ccc4c(c3)OCO4)C=CC2C(=O)N2CCCCC2)n1. The minimum atomic E-state index is -0.539. The second-order valence-electron chi connectivity index (χ2n) is 7.82. The maximum atomic E-state index is 13.3. The number of aryl methyl sites for hydroxylation is 1. The van der Waals surface area contributed by atoms with E-state index in [0.29, 0.717) is 11.6 Å². The molecule has 0 saturated carbocycles. The van der Waals surface area contributed by atoms with Gasteiger partial charge in [-0.05, 0) is 56.0 Å². The fourth-order valence-electron chi connectivity index (χ4n) is 4.10. The molecule has 2 unspecified atom stereocenters. The van der Waals surface area contributed by atoms with Gasteiger partial charge in [0.15, 0.2) is 23.4 Å². The third-order valence-corrected chi connectivity index (χ3v) is 5.69. The fourth-order valence-corrected chi connectivity index (χ4v) is 4.10. The summed E-state index contributed by atoms with van der Waals surface area (Å²) in [6.07, 6.45) is 6.79. The van der Waals surface area contributed by atoms with Crippen LogP contribution in [0.25, 0.3) is 0 Å². The molecule has 0 radical (unpaired) electrons. The van der Waals surface area contributed by atoms with Crippen LogP contribution in [0.3, 0.4) is 0 Å². The molecule has 7 heteroatoms. The lowest BCUT2D eigenvalue weighted by Crippen LogP contribution is -2.51. The van der Waals surface area contributed by atoms with Gasteiger partial charge in [-0.1, -0.05) is 24.3 Å². The van der Waals surface area contributed by atoms with Gasteiger partial charge in [0, 0.05) is 18.8 Å². The summed E-state index contributed by atoms with van der Waals surface area (Å²) in [4.78, 5) is 26.2. The lowest BCUT2D eigenvalue weighted by Gasteiger charge is -2.38. The van der Waals surface area contributed by atoms with Crippen LogP contribution in [-0.4, -0.2) is 41.7 Å². The molecule has 0 aliphatic carbocycles. The smallest absolute Gasteiger partial charge is 0.251 e. The molecule has 1 aromatic heterocycles. The highest BCUT2D eigenvalue weighted by Gasteiger charge is 2.35. The average Bonchev–Trinajstić information content (AvgIpc) is 3.27. The van der Waals surface area contributed by atoms with Crippen molar-refractivity contribution < 1.29 is 19.1 Å². The van der Waals surface area contributed by atoms with Crippen LogP contribution in [0.4, 0.5) is 5.82 Å². The van der Waals surface area contributed by atoms with Crippen LogP contribution in [0, 0.1) is 6.92 Å². The molecule has 1 fully saturated rings. The van der Waals surface area contributed by atoms with E-state index < -0.39 is 6.04 Å². The number of rotatable bonds is 3. The Bertz CT molecular complexity index is 971. The summed E-state index contributed by atoms with van der Waals surface area (Å²) in [5.74, 6) is 2.11. The number of benzene rings is 1. The molecular weight excluding hydrogens is 382 g/mol.